The Kier molecular flexibility index (Phi) is 4.34. The Labute approximate surface area is 120 Å². The first kappa shape index (κ1) is 14.5. The summed E-state index contributed by atoms with van der Waals surface area (Å²) in [6.07, 6.45) is 0.717. The van der Waals surface area contributed by atoms with Gasteiger partial charge in [0.05, 0.1) is 18.2 Å². The average Bonchev–Trinajstić information content (AvgIpc) is 2.60. The predicted molar refractivity (Wildman–Crippen MR) is 71.3 cm³/mol. The van der Waals surface area contributed by atoms with Crippen molar-refractivity contribution in [2.45, 2.75) is 19.4 Å². The molecule has 1 unspecified atom stereocenters. The number of amides is 1. The summed E-state index contributed by atoms with van der Waals surface area (Å²) in [6.45, 7) is 2.20. The fourth-order valence-electron chi connectivity index (χ4n) is 1.91. The van der Waals surface area contributed by atoms with Crippen LogP contribution in [0.4, 0.5) is 0 Å². The van der Waals surface area contributed by atoms with Crippen LogP contribution in [-0.2, 0) is 9.59 Å². The van der Waals surface area contributed by atoms with Crippen LogP contribution in [0.15, 0.2) is 12.1 Å². The van der Waals surface area contributed by atoms with E-state index in [1.54, 1.807) is 0 Å². The molecule has 0 saturated carbocycles. The van der Waals surface area contributed by atoms with Gasteiger partial charge in [-0.2, -0.15) is 0 Å². The van der Waals surface area contributed by atoms with Crippen molar-refractivity contribution in [1.29, 1.82) is 0 Å². The van der Waals surface area contributed by atoms with Gasteiger partial charge in [0.2, 0.25) is 5.91 Å². The lowest BCUT2D eigenvalue weighted by Gasteiger charge is -2.17. The highest BCUT2D eigenvalue weighted by atomic mass is 35.5. The number of carboxylic acid groups (broad SMARTS) is 1. The Morgan fingerprint density at radius 1 is 1.35 bits per heavy atom. The van der Waals surface area contributed by atoms with Gasteiger partial charge in [-0.3, -0.25) is 4.79 Å². The number of carbonyl (C=O) groups is 2. The first-order valence-corrected chi connectivity index (χ1v) is 6.46. The monoisotopic (exact) mass is 299 g/mol. The van der Waals surface area contributed by atoms with Gasteiger partial charge in [0.1, 0.15) is 0 Å². The van der Waals surface area contributed by atoms with Crippen LogP contribution in [-0.4, -0.2) is 30.2 Å². The molecule has 1 aromatic rings. The minimum absolute atomic E-state index is 0.260. The average molecular weight is 300 g/mol. The number of hydrogen-bond acceptors (Lipinski definition) is 4. The molecule has 1 aliphatic rings. The maximum atomic E-state index is 11.3. The topological polar surface area (TPSA) is 84.9 Å². The zero-order valence-corrected chi connectivity index (χ0v) is 11.6. The van der Waals surface area contributed by atoms with Gasteiger partial charge in [0, 0.05) is 13.3 Å². The molecular formula is C13H14ClNO5. The van der Waals surface area contributed by atoms with Crippen molar-refractivity contribution in [3.8, 4) is 11.5 Å². The van der Waals surface area contributed by atoms with Gasteiger partial charge < -0.3 is 19.9 Å². The summed E-state index contributed by atoms with van der Waals surface area (Å²) in [5.74, 6) is -0.826. The number of ether oxygens (including phenoxy) is 2. The zero-order chi connectivity index (χ0) is 14.7. The number of fused-ring (bicyclic) bond motifs is 1. The largest absolute Gasteiger partial charge is 0.489 e. The molecular weight excluding hydrogens is 286 g/mol. The predicted octanol–water partition coefficient (Wildman–Crippen LogP) is 1.76. The second-order valence-electron chi connectivity index (χ2n) is 4.35. The van der Waals surface area contributed by atoms with E-state index in [0.717, 1.165) is 0 Å². The van der Waals surface area contributed by atoms with Crippen molar-refractivity contribution < 1.29 is 24.2 Å². The minimum Gasteiger partial charge on any atom is -0.489 e. The number of carboxylic acids is 1. The standard InChI is InChI=1S/C13H14ClNO5/c1-7(16)15-11(13(17)18)8-5-9(14)12-10(6-8)19-3-2-4-20-12/h5-6,11H,2-4H2,1H3,(H,15,16)(H,17,18). The number of benzene rings is 1. The summed E-state index contributed by atoms with van der Waals surface area (Å²) < 4.78 is 11.0. The van der Waals surface area contributed by atoms with Crippen molar-refractivity contribution in [1.82, 2.24) is 5.32 Å². The molecule has 2 N–H and O–H groups in total. The molecule has 108 valence electrons. The summed E-state index contributed by atoms with van der Waals surface area (Å²) >= 11 is 6.09. The molecule has 2 rings (SSSR count). The van der Waals surface area contributed by atoms with Crippen LogP contribution in [0.1, 0.15) is 24.9 Å². The van der Waals surface area contributed by atoms with Crippen LogP contribution < -0.4 is 14.8 Å². The molecule has 1 heterocycles. The molecule has 7 heteroatoms. The fraction of sp³-hybridized carbons (Fsp3) is 0.385. The van der Waals surface area contributed by atoms with E-state index in [4.69, 9.17) is 21.1 Å². The van der Waals surface area contributed by atoms with Crippen LogP contribution in [0.2, 0.25) is 5.02 Å². The third kappa shape index (κ3) is 3.14. The molecule has 20 heavy (non-hydrogen) atoms. The van der Waals surface area contributed by atoms with Gasteiger partial charge in [-0.15, -0.1) is 0 Å². The Bertz CT molecular complexity index is 546. The highest BCUT2D eigenvalue weighted by Crippen LogP contribution is 2.39. The second-order valence-corrected chi connectivity index (χ2v) is 4.76. The lowest BCUT2D eigenvalue weighted by Crippen LogP contribution is -2.32. The molecule has 0 aromatic heterocycles. The van der Waals surface area contributed by atoms with Gasteiger partial charge in [-0.05, 0) is 17.7 Å². The van der Waals surface area contributed by atoms with Crippen molar-refractivity contribution in [2.24, 2.45) is 0 Å². The summed E-state index contributed by atoms with van der Waals surface area (Å²) in [7, 11) is 0. The molecule has 0 fully saturated rings. The van der Waals surface area contributed by atoms with E-state index >= 15 is 0 Å². The van der Waals surface area contributed by atoms with Crippen molar-refractivity contribution in [3.05, 3.63) is 22.7 Å². The third-order valence-corrected chi connectivity index (χ3v) is 3.03. The Hall–Kier alpha value is -1.95. The Morgan fingerprint density at radius 2 is 2.05 bits per heavy atom. The van der Waals surface area contributed by atoms with Crippen molar-refractivity contribution in [2.75, 3.05) is 13.2 Å². The summed E-state index contributed by atoms with van der Waals surface area (Å²) in [6, 6.07) is 1.81. The molecule has 0 aliphatic carbocycles. The number of carbonyl (C=O) groups excluding carboxylic acids is 1. The third-order valence-electron chi connectivity index (χ3n) is 2.75. The first-order chi connectivity index (χ1) is 9.49. The summed E-state index contributed by atoms with van der Waals surface area (Å²) in [5.41, 5.74) is 0.335. The number of hydrogen-bond donors (Lipinski definition) is 2. The van der Waals surface area contributed by atoms with E-state index in [1.807, 2.05) is 0 Å². The second kappa shape index (κ2) is 6.00. The van der Waals surface area contributed by atoms with E-state index in [9.17, 15) is 14.7 Å². The van der Waals surface area contributed by atoms with Crippen LogP contribution >= 0.6 is 11.6 Å². The molecule has 1 atom stereocenters. The molecule has 0 saturated heterocycles. The molecule has 0 spiro atoms. The molecule has 1 amide bonds. The summed E-state index contributed by atoms with van der Waals surface area (Å²) in [4.78, 5) is 22.4. The number of rotatable bonds is 3. The maximum absolute atomic E-state index is 11.3. The van der Waals surface area contributed by atoms with E-state index in [2.05, 4.69) is 5.32 Å². The number of halogens is 1. The molecule has 6 nitrogen and oxygen atoms in total. The van der Waals surface area contributed by atoms with Crippen LogP contribution in [0.25, 0.3) is 0 Å². The minimum atomic E-state index is -1.18. The quantitative estimate of drug-likeness (QED) is 0.888. The summed E-state index contributed by atoms with van der Waals surface area (Å²) in [5, 5.41) is 11.8. The van der Waals surface area contributed by atoms with Crippen molar-refractivity contribution >= 4 is 23.5 Å². The molecule has 0 radical (unpaired) electrons. The van der Waals surface area contributed by atoms with Gasteiger partial charge in [0.25, 0.3) is 0 Å². The van der Waals surface area contributed by atoms with Crippen LogP contribution in [0.3, 0.4) is 0 Å². The van der Waals surface area contributed by atoms with E-state index < -0.39 is 17.9 Å². The normalized spacial score (nSPS) is 15.1. The zero-order valence-electron chi connectivity index (χ0n) is 10.8. The van der Waals surface area contributed by atoms with E-state index in [1.165, 1.54) is 19.1 Å². The number of nitrogens with one attached hydrogen (secondary N) is 1. The van der Waals surface area contributed by atoms with E-state index in [0.29, 0.717) is 36.7 Å². The lowest BCUT2D eigenvalue weighted by molar-refractivity contribution is -0.141. The lowest BCUT2D eigenvalue weighted by atomic mass is 10.1. The first-order valence-electron chi connectivity index (χ1n) is 6.08. The highest BCUT2D eigenvalue weighted by molar-refractivity contribution is 6.32. The maximum Gasteiger partial charge on any atom is 0.330 e. The Balaban J connectivity index is 2.41. The fourth-order valence-corrected chi connectivity index (χ4v) is 2.18. The van der Waals surface area contributed by atoms with Gasteiger partial charge >= 0.3 is 5.97 Å². The van der Waals surface area contributed by atoms with Crippen LogP contribution in [0.5, 0.6) is 11.5 Å². The van der Waals surface area contributed by atoms with Gasteiger partial charge in [0.15, 0.2) is 17.5 Å². The smallest absolute Gasteiger partial charge is 0.330 e. The Morgan fingerprint density at radius 3 is 2.70 bits per heavy atom. The van der Waals surface area contributed by atoms with E-state index in [-0.39, 0.29) is 5.02 Å². The molecule has 0 bridgehead atoms. The number of aliphatic carboxylic acids is 1. The van der Waals surface area contributed by atoms with Crippen molar-refractivity contribution in [3.63, 3.8) is 0 Å². The highest BCUT2D eigenvalue weighted by Gasteiger charge is 2.25. The van der Waals surface area contributed by atoms with Gasteiger partial charge in [-0.25, -0.2) is 4.79 Å². The SMILES string of the molecule is CC(=O)NC(C(=O)O)c1cc(Cl)c2c(c1)OCCCO2. The molecule has 1 aliphatic heterocycles. The van der Waals surface area contributed by atoms with Gasteiger partial charge in [-0.1, -0.05) is 11.6 Å². The van der Waals surface area contributed by atoms with Crippen LogP contribution in [0, 0.1) is 0 Å². The molecule has 1 aromatic carbocycles.